The third-order valence-electron chi connectivity index (χ3n) is 6.58. The highest BCUT2D eigenvalue weighted by Gasteiger charge is 2.47. The molecule has 0 bridgehead atoms. The van der Waals surface area contributed by atoms with Crippen molar-refractivity contribution in [3.63, 3.8) is 0 Å². The van der Waals surface area contributed by atoms with E-state index in [-0.39, 0.29) is 17.3 Å². The van der Waals surface area contributed by atoms with Crippen LogP contribution in [-0.4, -0.2) is 36.0 Å². The van der Waals surface area contributed by atoms with Gasteiger partial charge in [-0.05, 0) is 72.9 Å². The standard InChI is InChI=1S/C32H33NO6/c1-5-18-39-32(37)22-12-15-24(16-13-22)33-28(21-10-8-7-9-11-21)27(30(35)31(33)36)29(34)23-14-17-26(38-6-2)25(19-23)20(3)4/h7-17,19-20,28,34H,5-6,18H2,1-4H3/b29-27-. The van der Waals surface area contributed by atoms with Crippen LogP contribution in [0, 0.1) is 0 Å². The molecule has 0 aliphatic carbocycles. The molecule has 1 aliphatic heterocycles. The van der Waals surface area contributed by atoms with Gasteiger partial charge in [0.1, 0.15) is 11.5 Å². The van der Waals surface area contributed by atoms with Crippen molar-refractivity contribution >= 4 is 29.1 Å². The number of ketones is 1. The van der Waals surface area contributed by atoms with E-state index in [4.69, 9.17) is 9.47 Å². The number of hydrogen-bond acceptors (Lipinski definition) is 6. The average Bonchev–Trinajstić information content (AvgIpc) is 3.22. The van der Waals surface area contributed by atoms with Crippen LogP contribution in [0.15, 0.2) is 78.4 Å². The molecule has 39 heavy (non-hydrogen) atoms. The van der Waals surface area contributed by atoms with Crippen molar-refractivity contribution in [1.29, 1.82) is 0 Å². The molecule has 3 aromatic rings. The monoisotopic (exact) mass is 527 g/mol. The molecule has 7 heteroatoms. The van der Waals surface area contributed by atoms with Gasteiger partial charge in [-0.15, -0.1) is 0 Å². The van der Waals surface area contributed by atoms with E-state index in [0.717, 1.165) is 5.56 Å². The van der Waals surface area contributed by atoms with E-state index in [1.165, 1.54) is 4.90 Å². The maximum Gasteiger partial charge on any atom is 0.338 e. The lowest BCUT2D eigenvalue weighted by atomic mass is 9.93. The van der Waals surface area contributed by atoms with Crippen LogP contribution in [0.1, 0.15) is 73.1 Å². The van der Waals surface area contributed by atoms with Crippen LogP contribution in [0.2, 0.25) is 0 Å². The molecule has 1 fully saturated rings. The van der Waals surface area contributed by atoms with Gasteiger partial charge in [-0.2, -0.15) is 0 Å². The van der Waals surface area contributed by atoms with Crippen molar-refractivity contribution in [2.24, 2.45) is 0 Å². The van der Waals surface area contributed by atoms with Gasteiger partial charge < -0.3 is 14.6 Å². The van der Waals surface area contributed by atoms with E-state index in [2.05, 4.69) is 0 Å². The zero-order valence-corrected chi connectivity index (χ0v) is 22.6. The van der Waals surface area contributed by atoms with Gasteiger partial charge in [0.25, 0.3) is 11.7 Å². The number of hydrogen-bond donors (Lipinski definition) is 1. The predicted molar refractivity (Wildman–Crippen MR) is 150 cm³/mol. The molecule has 0 aromatic heterocycles. The van der Waals surface area contributed by atoms with Crippen molar-refractivity contribution in [2.45, 2.75) is 46.1 Å². The lowest BCUT2D eigenvalue weighted by molar-refractivity contribution is -0.132. The fraction of sp³-hybridized carbons (Fsp3) is 0.281. The van der Waals surface area contributed by atoms with E-state index >= 15 is 0 Å². The van der Waals surface area contributed by atoms with Crippen molar-refractivity contribution in [3.05, 3.63) is 101 Å². The molecule has 0 spiro atoms. The summed E-state index contributed by atoms with van der Waals surface area (Å²) in [5.41, 5.74) is 2.74. The SMILES string of the molecule is CCCOC(=O)c1ccc(N2C(=O)C(=O)/C(=C(\O)c3ccc(OCC)c(C(C)C)c3)C2c2ccccc2)cc1. The molecule has 1 atom stereocenters. The van der Waals surface area contributed by atoms with E-state index in [1.54, 1.807) is 42.5 Å². The Balaban J connectivity index is 1.82. The van der Waals surface area contributed by atoms with Crippen LogP contribution in [0.5, 0.6) is 5.75 Å². The second-order valence-electron chi connectivity index (χ2n) is 9.60. The van der Waals surface area contributed by atoms with Crippen LogP contribution in [-0.2, 0) is 14.3 Å². The summed E-state index contributed by atoms with van der Waals surface area (Å²) in [5, 5.41) is 11.5. The lowest BCUT2D eigenvalue weighted by Crippen LogP contribution is -2.29. The third kappa shape index (κ3) is 5.58. The first-order valence-corrected chi connectivity index (χ1v) is 13.2. The van der Waals surface area contributed by atoms with Crippen LogP contribution in [0.3, 0.4) is 0 Å². The van der Waals surface area contributed by atoms with E-state index in [0.29, 0.717) is 47.8 Å². The third-order valence-corrected chi connectivity index (χ3v) is 6.58. The molecule has 1 unspecified atom stereocenters. The van der Waals surface area contributed by atoms with Crippen molar-refractivity contribution < 1.29 is 29.0 Å². The molecule has 3 aromatic carbocycles. The second-order valence-corrected chi connectivity index (χ2v) is 9.60. The summed E-state index contributed by atoms with van der Waals surface area (Å²) in [5.74, 6) is -1.44. The van der Waals surface area contributed by atoms with Gasteiger partial charge in [-0.1, -0.05) is 51.1 Å². The molecule has 1 aliphatic rings. The van der Waals surface area contributed by atoms with Crippen molar-refractivity contribution in [1.82, 2.24) is 0 Å². The summed E-state index contributed by atoms with van der Waals surface area (Å²) >= 11 is 0. The number of carbonyl (C=O) groups is 3. The Morgan fingerprint density at radius 1 is 0.949 bits per heavy atom. The highest BCUT2D eigenvalue weighted by molar-refractivity contribution is 6.51. The highest BCUT2D eigenvalue weighted by atomic mass is 16.5. The zero-order chi connectivity index (χ0) is 28.1. The van der Waals surface area contributed by atoms with Gasteiger partial charge >= 0.3 is 5.97 Å². The van der Waals surface area contributed by atoms with E-state index in [1.807, 2.05) is 58.0 Å². The number of esters is 1. The maximum absolute atomic E-state index is 13.5. The Morgan fingerprint density at radius 3 is 2.23 bits per heavy atom. The number of benzene rings is 3. The normalized spacial score (nSPS) is 16.5. The molecule has 7 nitrogen and oxygen atoms in total. The Labute approximate surface area is 228 Å². The van der Waals surface area contributed by atoms with Crippen molar-refractivity contribution in [3.8, 4) is 5.75 Å². The van der Waals surface area contributed by atoms with Gasteiger partial charge in [0.2, 0.25) is 0 Å². The fourth-order valence-electron chi connectivity index (χ4n) is 4.68. The molecular formula is C32H33NO6. The summed E-state index contributed by atoms with van der Waals surface area (Å²) in [6, 6.07) is 19.8. The molecule has 0 saturated carbocycles. The summed E-state index contributed by atoms with van der Waals surface area (Å²) in [4.78, 5) is 40.5. The second kappa shape index (κ2) is 12.0. The zero-order valence-electron chi connectivity index (χ0n) is 22.6. The Morgan fingerprint density at radius 2 is 1.62 bits per heavy atom. The first-order valence-electron chi connectivity index (χ1n) is 13.2. The molecule has 1 heterocycles. The number of anilines is 1. The first-order chi connectivity index (χ1) is 18.8. The summed E-state index contributed by atoms with van der Waals surface area (Å²) in [6.07, 6.45) is 0.707. The summed E-state index contributed by atoms with van der Waals surface area (Å²) < 4.78 is 10.9. The quantitative estimate of drug-likeness (QED) is 0.150. The predicted octanol–water partition coefficient (Wildman–Crippen LogP) is 6.40. The molecule has 0 radical (unpaired) electrons. The highest BCUT2D eigenvalue weighted by Crippen LogP contribution is 2.42. The first kappa shape index (κ1) is 27.6. The van der Waals surface area contributed by atoms with Gasteiger partial charge in [-0.3, -0.25) is 14.5 Å². The minimum Gasteiger partial charge on any atom is -0.507 e. The van der Waals surface area contributed by atoms with Gasteiger partial charge in [0, 0.05) is 11.3 Å². The summed E-state index contributed by atoms with van der Waals surface area (Å²) in [6.45, 7) is 8.67. The minimum absolute atomic E-state index is 0.00324. The minimum atomic E-state index is -0.863. The average molecular weight is 528 g/mol. The van der Waals surface area contributed by atoms with Crippen LogP contribution in [0.25, 0.3) is 5.76 Å². The number of nitrogens with zero attached hydrogens (tertiary/aromatic N) is 1. The molecule has 202 valence electrons. The molecule has 1 saturated heterocycles. The number of carbonyl (C=O) groups excluding carboxylic acids is 3. The Kier molecular flexibility index (Phi) is 8.49. The number of aliphatic hydroxyl groups excluding tert-OH is 1. The van der Waals surface area contributed by atoms with Gasteiger partial charge in [0.05, 0.1) is 30.4 Å². The molecule has 4 rings (SSSR count). The number of aliphatic hydroxyl groups is 1. The number of ether oxygens (including phenoxy) is 2. The van der Waals surface area contributed by atoms with Crippen LogP contribution in [0.4, 0.5) is 5.69 Å². The number of rotatable bonds is 9. The lowest BCUT2D eigenvalue weighted by Gasteiger charge is -2.25. The van der Waals surface area contributed by atoms with E-state index in [9.17, 15) is 19.5 Å². The van der Waals surface area contributed by atoms with Crippen LogP contribution < -0.4 is 9.64 Å². The number of Topliss-reactive ketones (excluding diaryl/α,β-unsaturated/α-hetero) is 1. The van der Waals surface area contributed by atoms with Gasteiger partial charge in [-0.25, -0.2) is 4.79 Å². The Hall–Kier alpha value is -4.39. The van der Waals surface area contributed by atoms with E-state index < -0.39 is 23.7 Å². The fourth-order valence-corrected chi connectivity index (χ4v) is 4.68. The summed E-state index contributed by atoms with van der Waals surface area (Å²) in [7, 11) is 0. The van der Waals surface area contributed by atoms with Crippen LogP contribution >= 0.6 is 0 Å². The largest absolute Gasteiger partial charge is 0.507 e. The van der Waals surface area contributed by atoms with Crippen molar-refractivity contribution in [2.75, 3.05) is 18.1 Å². The van der Waals surface area contributed by atoms with Gasteiger partial charge in [0.15, 0.2) is 0 Å². The smallest absolute Gasteiger partial charge is 0.338 e. The maximum atomic E-state index is 13.5. The topological polar surface area (TPSA) is 93.1 Å². The molecular weight excluding hydrogens is 494 g/mol. The molecule has 1 amide bonds. The molecule has 1 N–H and O–H groups in total. The number of amides is 1. The Bertz CT molecular complexity index is 1390.